The van der Waals surface area contributed by atoms with Gasteiger partial charge in [0.2, 0.25) is 5.78 Å². The first-order chi connectivity index (χ1) is 9.06. The van der Waals surface area contributed by atoms with Gasteiger partial charge in [-0.1, -0.05) is 29.3 Å². The van der Waals surface area contributed by atoms with E-state index in [2.05, 4.69) is 0 Å². The summed E-state index contributed by atoms with van der Waals surface area (Å²) < 4.78 is 5.57. The molecule has 1 unspecified atom stereocenters. The summed E-state index contributed by atoms with van der Waals surface area (Å²) in [5, 5.41) is 1.17. The van der Waals surface area contributed by atoms with Gasteiger partial charge < -0.3 is 4.74 Å². The van der Waals surface area contributed by atoms with Gasteiger partial charge in [0.1, 0.15) is 5.75 Å². The lowest BCUT2D eigenvalue weighted by molar-refractivity contribution is 0.0818. The third-order valence-corrected chi connectivity index (χ3v) is 3.09. The van der Waals surface area contributed by atoms with Gasteiger partial charge in [0, 0.05) is 15.6 Å². The quantitative estimate of drug-likeness (QED) is 0.768. The molecule has 0 heterocycles. The summed E-state index contributed by atoms with van der Waals surface area (Å²) in [6.45, 7) is 1.71. The number of ether oxygens (including phenoxy) is 1. The highest BCUT2D eigenvalue weighted by Crippen LogP contribution is 2.20. The standard InChI is InChI=1S/C15H12Cl2O2/c1-10(19-14-4-2-3-13(17)9-14)15(18)11-5-7-12(16)8-6-11/h2-10H,1H3. The van der Waals surface area contributed by atoms with Gasteiger partial charge in [0.05, 0.1) is 0 Å². The Morgan fingerprint density at radius 3 is 2.37 bits per heavy atom. The predicted molar refractivity (Wildman–Crippen MR) is 77.3 cm³/mol. The van der Waals surface area contributed by atoms with E-state index in [1.165, 1.54) is 0 Å². The van der Waals surface area contributed by atoms with E-state index in [-0.39, 0.29) is 5.78 Å². The Morgan fingerprint density at radius 2 is 1.74 bits per heavy atom. The van der Waals surface area contributed by atoms with Gasteiger partial charge in [-0.2, -0.15) is 0 Å². The van der Waals surface area contributed by atoms with E-state index in [4.69, 9.17) is 27.9 Å². The largest absolute Gasteiger partial charge is 0.483 e. The Hall–Kier alpha value is -1.51. The molecule has 0 aliphatic heterocycles. The minimum atomic E-state index is -0.584. The zero-order valence-corrected chi connectivity index (χ0v) is 11.8. The molecule has 0 aliphatic carbocycles. The molecule has 0 N–H and O–H groups in total. The number of carbonyl (C=O) groups excluding carboxylic acids is 1. The van der Waals surface area contributed by atoms with Crippen molar-refractivity contribution in [1.82, 2.24) is 0 Å². The van der Waals surface area contributed by atoms with E-state index in [0.717, 1.165) is 0 Å². The monoisotopic (exact) mass is 294 g/mol. The third-order valence-electron chi connectivity index (χ3n) is 2.61. The average Bonchev–Trinajstić information content (AvgIpc) is 2.39. The van der Waals surface area contributed by atoms with Gasteiger partial charge in [-0.05, 0) is 49.4 Å². The summed E-state index contributed by atoms with van der Waals surface area (Å²) in [5.41, 5.74) is 0.568. The predicted octanol–water partition coefficient (Wildman–Crippen LogP) is 4.64. The van der Waals surface area contributed by atoms with Crippen molar-refractivity contribution in [1.29, 1.82) is 0 Å². The summed E-state index contributed by atoms with van der Waals surface area (Å²) in [6, 6.07) is 13.7. The van der Waals surface area contributed by atoms with Crippen molar-refractivity contribution in [3.05, 3.63) is 64.1 Å². The second kappa shape index (κ2) is 6.09. The molecule has 2 nitrogen and oxygen atoms in total. The summed E-state index contributed by atoms with van der Waals surface area (Å²) in [4.78, 5) is 12.1. The van der Waals surface area contributed by atoms with Gasteiger partial charge in [0.25, 0.3) is 0 Å². The van der Waals surface area contributed by atoms with Crippen LogP contribution in [0.2, 0.25) is 10.0 Å². The van der Waals surface area contributed by atoms with E-state index in [1.807, 2.05) is 0 Å². The van der Waals surface area contributed by atoms with Crippen molar-refractivity contribution in [3.8, 4) is 5.75 Å². The molecular formula is C15H12Cl2O2. The van der Waals surface area contributed by atoms with E-state index in [1.54, 1.807) is 55.5 Å². The van der Waals surface area contributed by atoms with E-state index >= 15 is 0 Å². The van der Waals surface area contributed by atoms with Gasteiger partial charge in [-0.3, -0.25) is 4.79 Å². The van der Waals surface area contributed by atoms with Crippen molar-refractivity contribution in [2.24, 2.45) is 0 Å². The van der Waals surface area contributed by atoms with Crippen LogP contribution in [0.5, 0.6) is 5.75 Å². The molecule has 0 bridgehead atoms. The summed E-state index contributed by atoms with van der Waals surface area (Å²) in [5.74, 6) is 0.471. The van der Waals surface area contributed by atoms with Crippen LogP contribution in [0, 0.1) is 0 Å². The Kier molecular flexibility index (Phi) is 4.46. The molecular weight excluding hydrogens is 283 g/mol. The lowest BCUT2D eigenvalue weighted by atomic mass is 10.1. The fraction of sp³-hybridized carbons (Fsp3) is 0.133. The van der Waals surface area contributed by atoms with E-state index in [9.17, 15) is 4.79 Å². The van der Waals surface area contributed by atoms with Crippen LogP contribution in [0.25, 0.3) is 0 Å². The highest BCUT2D eigenvalue weighted by Gasteiger charge is 2.16. The molecule has 0 spiro atoms. The van der Waals surface area contributed by atoms with Crippen LogP contribution in [-0.4, -0.2) is 11.9 Å². The van der Waals surface area contributed by atoms with E-state index < -0.39 is 6.10 Å². The first kappa shape index (κ1) is 13.9. The molecule has 0 fully saturated rings. The molecule has 0 saturated heterocycles. The molecule has 0 saturated carbocycles. The Bertz CT molecular complexity index is 579. The Morgan fingerprint density at radius 1 is 1.05 bits per heavy atom. The minimum absolute atomic E-state index is 0.100. The van der Waals surface area contributed by atoms with Crippen LogP contribution >= 0.6 is 23.2 Å². The summed E-state index contributed by atoms with van der Waals surface area (Å²) >= 11 is 11.6. The molecule has 1 atom stereocenters. The third kappa shape index (κ3) is 3.72. The first-order valence-corrected chi connectivity index (χ1v) is 6.54. The Labute approximate surface area is 121 Å². The molecule has 2 aromatic rings. The van der Waals surface area contributed by atoms with Crippen LogP contribution in [0.15, 0.2) is 48.5 Å². The smallest absolute Gasteiger partial charge is 0.202 e. The second-order valence-electron chi connectivity index (χ2n) is 4.09. The van der Waals surface area contributed by atoms with Gasteiger partial charge in [-0.25, -0.2) is 0 Å². The lowest BCUT2D eigenvalue weighted by Gasteiger charge is -2.13. The number of hydrogen-bond acceptors (Lipinski definition) is 2. The molecule has 0 radical (unpaired) electrons. The normalized spacial score (nSPS) is 11.9. The molecule has 2 aromatic carbocycles. The van der Waals surface area contributed by atoms with Crippen molar-refractivity contribution < 1.29 is 9.53 Å². The molecule has 19 heavy (non-hydrogen) atoms. The minimum Gasteiger partial charge on any atom is -0.483 e. The van der Waals surface area contributed by atoms with Crippen molar-refractivity contribution >= 4 is 29.0 Å². The topological polar surface area (TPSA) is 26.3 Å². The second-order valence-corrected chi connectivity index (χ2v) is 4.96. The highest BCUT2D eigenvalue weighted by atomic mass is 35.5. The first-order valence-electron chi connectivity index (χ1n) is 5.78. The fourth-order valence-electron chi connectivity index (χ4n) is 1.65. The van der Waals surface area contributed by atoms with Crippen LogP contribution < -0.4 is 4.74 Å². The van der Waals surface area contributed by atoms with Crippen LogP contribution in [-0.2, 0) is 0 Å². The molecule has 0 aromatic heterocycles. The van der Waals surface area contributed by atoms with Gasteiger partial charge >= 0.3 is 0 Å². The number of halogens is 2. The van der Waals surface area contributed by atoms with Crippen molar-refractivity contribution in [2.75, 3.05) is 0 Å². The maximum atomic E-state index is 12.1. The zero-order chi connectivity index (χ0) is 13.8. The molecule has 4 heteroatoms. The van der Waals surface area contributed by atoms with Crippen LogP contribution in [0.4, 0.5) is 0 Å². The molecule has 0 amide bonds. The lowest BCUT2D eigenvalue weighted by Crippen LogP contribution is -2.23. The van der Waals surface area contributed by atoms with Crippen LogP contribution in [0.3, 0.4) is 0 Å². The van der Waals surface area contributed by atoms with Gasteiger partial charge in [-0.15, -0.1) is 0 Å². The number of carbonyl (C=O) groups is 1. The van der Waals surface area contributed by atoms with Crippen molar-refractivity contribution in [3.63, 3.8) is 0 Å². The van der Waals surface area contributed by atoms with Crippen LogP contribution in [0.1, 0.15) is 17.3 Å². The number of Topliss-reactive ketones (excluding diaryl/α,β-unsaturated/α-hetero) is 1. The Balaban J connectivity index is 2.09. The molecule has 98 valence electrons. The maximum absolute atomic E-state index is 12.1. The molecule has 0 aliphatic rings. The number of rotatable bonds is 4. The van der Waals surface area contributed by atoms with Gasteiger partial charge in [0.15, 0.2) is 6.10 Å². The van der Waals surface area contributed by atoms with E-state index in [0.29, 0.717) is 21.4 Å². The number of hydrogen-bond donors (Lipinski definition) is 0. The zero-order valence-electron chi connectivity index (χ0n) is 10.3. The summed E-state index contributed by atoms with van der Waals surface area (Å²) in [6.07, 6.45) is -0.584. The average molecular weight is 295 g/mol. The fourth-order valence-corrected chi connectivity index (χ4v) is 1.95. The summed E-state index contributed by atoms with van der Waals surface area (Å²) in [7, 11) is 0. The maximum Gasteiger partial charge on any atom is 0.202 e. The molecule has 2 rings (SSSR count). The number of benzene rings is 2. The number of ketones is 1. The highest BCUT2D eigenvalue weighted by molar-refractivity contribution is 6.31. The SMILES string of the molecule is CC(Oc1cccc(Cl)c1)C(=O)c1ccc(Cl)cc1. The van der Waals surface area contributed by atoms with Crippen molar-refractivity contribution in [2.45, 2.75) is 13.0 Å².